The second-order valence-corrected chi connectivity index (χ2v) is 4.68. The Kier molecular flexibility index (Phi) is 4.19. The lowest BCUT2D eigenvalue weighted by Gasteiger charge is -2.25. The number of allylic oxidation sites excluding steroid dienone is 4. The third kappa shape index (κ3) is 3.22. The Hall–Kier alpha value is -0.780. The fourth-order valence-corrected chi connectivity index (χ4v) is 1.51. The molecule has 0 aromatic carbocycles. The fourth-order valence-electron chi connectivity index (χ4n) is 1.51. The molecule has 0 aromatic rings. The van der Waals surface area contributed by atoms with Gasteiger partial charge in [0.25, 0.3) is 0 Å². The Balaban J connectivity index is 5.31. The molecule has 74 valence electrons. The molecule has 0 saturated heterocycles. The van der Waals surface area contributed by atoms with Crippen molar-refractivity contribution in [3.63, 3.8) is 0 Å². The van der Waals surface area contributed by atoms with Gasteiger partial charge in [0.05, 0.1) is 0 Å². The van der Waals surface area contributed by atoms with Crippen molar-refractivity contribution < 1.29 is 0 Å². The second-order valence-electron chi connectivity index (χ2n) is 4.68. The highest BCUT2D eigenvalue weighted by molar-refractivity contribution is 5.36. The van der Waals surface area contributed by atoms with E-state index in [-0.39, 0.29) is 5.41 Å². The van der Waals surface area contributed by atoms with Gasteiger partial charge in [-0.3, -0.25) is 0 Å². The van der Waals surface area contributed by atoms with Crippen LogP contribution in [-0.2, 0) is 0 Å². The zero-order chi connectivity index (χ0) is 10.6. The number of rotatable bonds is 3. The minimum absolute atomic E-state index is 0.162. The summed E-state index contributed by atoms with van der Waals surface area (Å²) in [5, 5.41) is 0. The summed E-state index contributed by atoms with van der Waals surface area (Å²) in [6.07, 6.45) is 3.91. The van der Waals surface area contributed by atoms with E-state index >= 15 is 0 Å². The van der Waals surface area contributed by atoms with Gasteiger partial charge in [-0.2, -0.15) is 0 Å². The van der Waals surface area contributed by atoms with E-state index in [0.29, 0.717) is 5.92 Å². The van der Waals surface area contributed by atoms with E-state index in [1.807, 2.05) is 12.2 Å². The van der Waals surface area contributed by atoms with Gasteiger partial charge in [0, 0.05) is 0 Å². The van der Waals surface area contributed by atoms with Crippen LogP contribution in [-0.4, -0.2) is 0 Å². The van der Waals surface area contributed by atoms with Crippen molar-refractivity contribution in [3.05, 3.63) is 36.5 Å². The maximum atomic E-state index is 3.87. The molecule has 0 N–H and O–H groups in total. The van der Waals surface area contributed by atoms with Gasteiger partial charge >= 0.3 is 0 Å². The summed E-state index contributed by atoms with van der Waals surface area (Å²) >= 11 is 0. The van der Waals surface area contributed by atoms with E-state index in [1.54, 1.807) is 0 Å². The predicted molar refractivity (Wildman–Crippen MR) is 61.7 cm³/mol. The lowest BCUT2D eigenvalue weighted by molar-refractivity contribution is 0.506. The summed E-state index contributed by atoms with van der Waals surface area (Å²) in [6.45, 7) is 18.7. The SMILES string of the molecule is C=C/C(=C(\C=C)C(C)(C)C)C(C)C. The van der Waals surface area contributed by atoms with Gasteiger partial charge < -0.3 is 0 Å². The topological polar surface area (TPSA) is 0 Å². The molecule has 0 aliphatic heterocycles. The van der Waals surface area contributed by atoms with Crippen LogP contribution in [0.1, 0.15) is 34.6 Å². The van der Waals surface area contributed by atoms with E-state index in [4.69, 9.17) is 0 Å². The smallest absolute Gasteiger partial charge is 0.0129 e. The molecule has 0 atom stereocenters. The van der Waals surface area contributed by atoms with Crippen LogP contribution >= 0.6 is 0 Å². The Labute approximate surface area is 83.0 Å². The summed E-state index contributed by atoms with van der Waals surface area (Å²) < 4.78 is 0. The third-order valence-electron chi connectivity index (χ3n) is 2.17. The molecule has 0 aliphatic rings. The molecular formula is C13H22. The summed E-state index contributed by atoms with van der Waals surface area (Å²) in [5.74, 6) is 0.518. The van der Waals surface area contributed by atoms with Gasteiger partial charge in [0.15, 0.2) is 0 Å². The molecule has 0 bridgehead atoms. The van der Waals surface area contributed by atoms with Gasteiger partial charge in [0.2, 0.25) is 0 Å². The highest BCUT2D eigenvalue weighted by Gasteiger charge is 2.18. The predicted octanol–water partition coefficient (Wildman–Crippen LogP) is 4.36. The van der Waals surface area contributed by atoms with Crippen molar-refractivity contribution >= 4 is 0 Å². The van der Waals surface area contributed by atoms with Crippen molar-refractivity contribution in [1.82, 2.24) is 0 Å². The Morgan fingerprint density at radius 3 is 1.62 bits per heavy atom. The molecule has 0 rings (SSSR count). The first-order valence-corrected chi connectivity index (χ1v) is 4.84. The molecule has 0 amide bonds. The van der Waals surface area contributed by atoms with Gasteiger partial charge in [-0.15, -0.1) is 0 Å². The summed E-state index contributed by atoms with van der Waals surface area (Å²) in [6, 6.07) is 0. The van der Waals surface area contributed by atoms with E-state index in [9.17, 15) is 0 Å². The molecule has 0 spiro atoms. The van der Waals surface area contributed by atoms with Crippen LogP contribution in [0, 0.1) is 11.3 Å². The molecule has 0 saturated carbocycles. The van der Waals surface area contributed by atoms with E-state index in [1.165, 1.54) is 11.1 Å². The highest BCUT2D eigenvalue weighted by Crippen LogP contribution is 2.32. The largest absolute Gasteiger partial charge is 0.0988 e. The van der Waals surface area contributed by atoms with Crippen LogP contribution in [0.3, 0.4) is 0 Å². The van der Waals surface area contributed by atoms with Crippen LogP contribution in [0.5, 0.6) is 0 Å². The second kappa shape index (κ2) is 4.45. The lowest BCUT2D eigenvalue weighted by Crippen LogP contribution is -2.11. The molecule has 0 fully saturated rings. The molecule has 0 unspecified atom stereocenters. The van der Waals surface area contributed by atoms with E-state index in [0.717, 1.165) is 0 Å². The van der Waals surface area contributed by atoms with E-state index in [2.05, 4.69) is 47.8 Å². The highest BCUT2D eigenvalue weighted by atomic mass is 14.2. The summed E-state index contributed by atoms with van der Waals surface area (Å²) in [7, 11) is 0. The Morgan fingerprint density at radius 2 is 1.54 bits per heavy atom. The van der Waals surface area contributed by atoms with Crippen LogP contribution < -0.4 is 0 Å². The molecule has 0 nitrogen and oxygen atoms in total. The maximum absolute atomic E-state index is 3.87. The van der Waals surface area contributed by atoms with Gasteiger partial charge in [-0.1, -0.05) is 59.9 Å². The molecule has 0 aliphatic carbocycles. The average molecular weight is 178 g/mol. The van der Waals surface area contributed by atoms with E-state index < -0.39 is 0 Å². The van der Waals surface area contributed by atoms with Gasteiger partial charge in [0.1, 0.15) is 0 Å². The van der Waals surface area contributed by atoms with Crippen LogP contribution in [0.2, 0.25) is 0 Å². The molecule has 0 radical (unpaired) electrons. The van der Waals surface area contributed by atoms with Crippen molar-refractivity contribution in [2.24, 2.45) is 11.3 Å². The molecule has 13 heavy (non-hydrogen) atoms. The average Bonchev–Trinajstić information content (AvgIpc) is 1.96. The minimum Gasteiger partial charge on any atom is -0.0988 e. The quantitative estimate of drug-likeness (QED) is 0.563. The normalized spacial score (nSPS) is 14.0. The molecule has 0 heteroatoms. The minimum atomic E-state index is 0.162. The number of hydrogen-bond donors (Lipinski definition) is 0. The van der Waals surface area contributed by atoms with Crippen molar-refractivity contribution in [3.8, 4) is 0 Å². The Bertz CT molecular complexity index is 221. The fraction of sp³-hybridized carbons (Fsp3) is 0.538. The van der Waals surface area contributed by atoms with Crippen LogP contribution in [0.25, 0.3) is 0 Å². The number of hydrogen-bond acceptors (Lipinski definition) is 0. The maximum Gasteiger partial charge on any atom is -0.0129 e. The zero-order valence-corrected chi connectivity index (χ0v) is 9.65. The first kappa shape index (κ1) is 12.2. The van der Waals surface area contributed by atoms with Crippen molar-refractivity contribution in [2.75, 3.05) is 0 Å². The van der Waals surface area contributed by atoms with Gasteiger partial charge in [-0.25, -0.2) is 0 Å². The lowest BCUT2D eigenvalue weighted by atomic mass is 9.80. The monoisotopic (exact) mass is 178 g/mol. The first-order chi connectivity index (χ1) is 5.84. The van der Waals surface area contributed by atoms with Crippen molar-refractivity contribution in [1.29, 1.82) is 0 Å². The molecular weight excluding hydrogens is 156 g/mol. The molecule has 0 aromatic heterocycles. The van der Waals surface area contributed by atoms with Crippen LogP contribution in [0.15, 0.2) is 36.5 Å². The zero-order valence-electron chi connectivity index (χ0n) is 9.65. The first-order valence-electron chi connectivity index (χ1n) is 4.84. The standard InChI is InChI=1S/C13H22/c1-8-11(10(3)4)12(9-2)13(5,6)7/h8-10H,1-2H2,3-7H3/b12-11-. The van der Waals surface area contributed by atoms with Crippen LogP contribution in [0.4, 0.5) is 0 Å². The molecule has 0 heterocycles. The summed E-state index contributed by atoms with van der Waals surface area (Å²) in [4.78, 5) is 0. The Morgan fingerprint density at radius 1 is 1.08 bits per heavy atom. The third-order valence-corrected chi connectivity index (χ3v) is 2.17. The van der Waals surface area contributed by atoms with Gasteiger partial charge in [-0.05, 0) is 22.5 Å². The summed E-state index contributed by atoms with van der Waals surface area (Å²) in [5.41, 5.74) is 2.77. The van der Waals surface area contributed by atoms with Crippen molar-refractivity contribution in [2.45, 2.75) is 34.6 Å².